The van der Waals surface area contributed by atoms with Crippen LogP contribution < -0.4 is 5.32 Å². The first-order valence-corrected chi connectivity index (χ1v) is 6.41. The van der Waals surface area contributed by atoms with Crippen LogP contribution in [0.3, 0.4) is 0 Å². The van der Waals surface area contributed by atoms with Gasteiger partial charge in [0.25, 0.3) is 0 Å². The molecule has 0 saturated carbocycles. The molecule has 0 aromatic carbocycles. The molecule has 0 bridgehead atoms. The highest BCUT2D eigenvalue weighted by Crippen LogP contribution is 2.30. The summed E-state index contributed by atoms with van der Waals surface area (Å²) in [5.41, 5.74) is 2.19. The predicted octanol–water partition coefficient (Wildman–Crippen LogP) is 0.972. The van der Waals surface area contributed by atoms with Gasteiger partial charge in [-0.3, -0.25) is 0 Å². The highest BCUT2D eigenvalue weighted by molar-refractivity contribution is 5.31. The molecule has 2 saturated heterocycles. The second kappa shape index (κ2) is 5.52. The molecule has 0 atom stereocenters. The first kappa shape index (κ1) is 12.4. The fourth-order valence-electron chi connectivity index (χ4n) is 2.56. The molecule has 0 aromatic heterocycles. The van der Waals surface area contributed by atoms with Gasteiger partial charge in [-0.15, -0.1) is 0 Å². The average Bonchev–Trinajstić information content (AvgIpc) is 2.27. The number of nitrogens with zero attached hydrogens (tertiary/aromatic N) is 2. The van der Waals surface area contributed by atoms with E-state index in [1.54, 1.807) is 0 Å². The zero-order chi connectivity index (χ0) is 12.3. The fraction of sp³-hybridized carbons (Fsp3) is 0.769. The lowest BCUT2D eigenvalue weighted by atomic mass is 9.86. The molecule has 0 amide bonds. The zero-order valence-electron chi connectivity index (χ0n) is 10.7. The molecule has 2 heterocycles. The predicted molar refractivity (Wildman–Crippen MR) is 66.2 cm³/mol. The maximum atomic E-state index is 9.46. The van der Waals surface area contributed by atoms with E-state index in [2.05, 4.69) is 30.1 Å². The third kappa shape index (κ3) is 2.62. The molecule has 94 valence electrons. The third-order valence-corrected chi connectivity index (χ3v) is 3.51. The third-order valence-electron chi connectivity index (χ3n) is 3.51. The lowest BCUT2D eigenvalue weighted by Gasteiger charge is -2.36. The van der Waals surface area contributed by atoms with E-state index in [4.69, 9.17) is 4.74 Å². The number of allylic oxidation sites excluding steroid dienone is 1. The SMILES string of the molecule is CC(C)C(=C(C#N)N1CCNCC1)C1COC1. The molecule has 0 unspecified atom stereocenters. The minimum atomic E-state index is 0.424. The number of piperazine rings is 1. The largest absolute Gasteiger partial charge is 0.380 e. The number of nitriles is 1. The number of hydrogen-bond acceptors (Lipinski definition) is 4. The summed E-state index contributed by atoms with van der Waals surface area (Å²) in [5.74, 6) is 0.882. The number of ether oxygens (including phenoxy) is 1. The molecule has 2 fully saturated rings. The van der Waals surface area contributed by atoms with Crippen molar-refractivity contribution in [2.24, 2.45) is 11.8 Å². The summed E-state index contributed by atoms with van der Waals surface area (Å²) in [6.45, 7) is 9.73. The van der Waals surface area contributed by atoms with Crippen molar-refractivity contribution in [2.75, 3.05) is 39.4 Å². The van der Waals surface area contributed by atoms with Gasteiger partial charge in [0.15, 0.2) is 0 Å². The minimum absolute atomic E-state index is 0.424. The van der Waals surface area contributed by atoms with Gasteiger partial charge in [-0.1, -0.05) is 13.8 Å². The lowest BCUT2D eigenvalue weighted by molar-refractivity contribution is -0.0181. The zero-order valence-corrected chi connectivity index (χ0v) is 10.7. The van der Waals surface area contributed by atoms with Gasteiger partial charge in [0, 0.05) is 32.1 Å². The summed E-state index contributed by atoms with van der Waals surface area (Å²) < 4.78 is 5.27. The van der Waals surface area contributed by atoms with Crippen molar-refractivity contribution in [1.82, 2.24) is 10.2 Å². The van der Waals surface area contributed by atoms with Crippen molar-refractivity contribution in [3.05, 3.63) is 11.3 Å². The van der Waals surface area contributed by atoms with E-state index in [0.717, 1.165) is 45.1 Å². The Morgan fingerprint density at radius 1 is 1.35 bits per heavy atom. The van der Waals surface area contributed by atoms with Crippen molar-refractivity contribution in [2.45, 2.75) is 13.8 Å². The number of rotatable bonds is 3. The highest BCUT2D eigenvalue weighted by Gasteiger charge is 2.30. The molecule has 4 heteroatoms. The first-order valence-electron chi connectivity index (χ1n) is 6.41. The Kier molecular flexibility index (Phi) is 4.03. The highest BCUT2D eigenvalue weighted by atomic mass is 16.5. The molecule has 2 aliphatic heterocycles. The van der Waals surface area contributed by atoms with Crippen LogP contribution in [-0.4, -0.2) is 44.3 Å². The van der Waals surface area contributed by atoms with Gasteiger partial charge < -0.3 is 15.0 Å². The molecule has 2 rings (SSSR count). The van der Waals surface area contributed by atoms with Crippen molar-refractivity contribution in [1.29, 1.82) is 5.26 Å². The van der Waals surface area contributed by atoms with Crippen molar-refractivity contribution >= 4 is 0 Å². The molecule has 2 aliphatic rings. The molecule has 1 N–H and O–H groups in total. The Morgan fingerprint density at radius 3 is 2.41 bits per heavy atom. The molecule has 0 radical (unpaired) electrons. The monoisotopic (exact) mass is 235 g/mol. The maximum absolute atomic E-state index is 9.46. The van der Waals surface area contributed by atoms with Crippen LogP contribution in [-0.2, 0) is 4.74 Å². The van der Waals surface area contributed by atoms with E-state index in [9.17, 15) is 5.26 Å². The van der Waals surface area contributed by atoms with Gasteiger partial charge in [0.1, 0.15) is 11.8 Å². The van der Waals surface area contributed by atoms with Crippen LogP contribution in [0.2, 0.25) is 0 Å². The molecular formula is C13H21N3O. The van der Waals surface area contributed by atoms with E-state index < -0.39 is 0 Å². The molecule has 0 spiro atoms. The van der Waals surface area contributed by atoms with Crippen molar-refractivity contribution in [3.8, 4) is 6.07 Å². The van der Waals surface area contributed by atoms with E-state index in [0.29, 0.717) is 11.8 Å². The van der Waals surface area contributed by atoms with Gasteiger partial charge in [-0.05, 0) is 11.5 Å². The van der Waals surface area contributed by atoms with Gasteiger partial charge in [-0.2, -0.15) is 5.26 Å². The fourth-order valence-corrected chi connectivity index (χ4v) is 2.56. The minimum Gasteiger partial charge on any atom is -0.380 e. The summed E-state index contributed by atoms with van der Waals surface area (Å²) >= 11 is 0. The molecule has 4 nitrogen and oxygen atoms in total. The van der Waals surface area contributed by atoms with Crippen LogP contribution in [0.15, 0.2) is 11.3 Å². The lowest BCUT2D eigenvalue weighted by Crippen LogP contribution is -2.44. The summed E-state index contributed by atoms with van der Waals surface area (Å²) in [6.07, 6.45) is 0. The van der Waals surface area contributed by atoms with Gasteiger partial charge in [0.2, 0.25) is 0 Å². The molecule has 0 aromatic rings. The van der Waals surface area contributed by atoms with E-state index in [-0.39, 0.29) is 0 Å². The van der Waals surface area contributed by atoms with E-state index in [1.807, 2.05) is 0 Å². The molecular weight excluding hydrogens is 214 g/mol. The van der Waals surface area contributed by atoms with Crippen molar-refractivity contribution < 1.29 is 4.74 Å². The standard InChI is InChI=1S/C13H21N3O/c1-10(2)13(11-8-17-9-11)12(7-14)16-5-3-15-4-6-16/h10-11,15H,3-6,8-9H2,1-2H3. The smallest absolute Gasteiger partial charge is 0.117 e. The number of hydrogen-bond donors (Lipinski definition) is 1. The number of nitrogens with one attached hydrogen (secondary N) is 1. The molecule has 0 aliphatic carbocycles. The van der Waals surface area contributed by atoms with Crippen LogP contribution in [0, 0.1) is 23.2 Å². The Bertz CT molecular complexity index is 333. The molecule has 17 heavy (non-hydrogen) atoms. The Hall–Kier alpha value is -1.05. The van der Waals surface area contributed by atoms with E-state index in [1.165, 1.54) is 5.57 Å². The van der Waals surface area contributed by atoms with Crippen LogP contribution in [0.1, 0.15) is 13.8 Å². The summed E-state index contributed by atoms with van der Waals surface area (Å²) in [5, 5.41) is 12.8. The van der Waals surface area contributed by atoms with Gasteiger partial charge >= 0.3 is 0 Å². The summed E-state index contributed by atoms with van der Waals surface area (Å²) in [7, 11) is 0. The Morgan fingerprint density at radius 2 is 2.00 bits per heavy atom. The van der Waals surface area contributed by atoms with Gasteiger partial charge in [-0.25, -0.2) is 0 Å². The average molecular weight is 235 g/mol. The van der Waals surface area contributed by atoms with Crippen molar-refractivity contribution in [3.63, 3.8) is 0 Å². The second-order valence-corrected chi connectivity index (χ2v) is 5.04. The van der Waals surface area contributed by atoms with Crippen LogP contribution in [0.4, 0.5) is 0 Å². The maximum Gasteiger partial charge on any atom is 0.117 e. The quantitative estimate of drug-likeness (QED) is 0.741. The van der Waals surface area contributed by atoms with Crippen LogP contribution in [0.25, 0.3) is 0 Å². The van der Waals surface area contributed by atoms with Gasteiger partial charge in [0.05, 0.1) is 13.2 Å². The second-order valence-electron chi connectivity index (χ2n) is 5.04. The summed E-state index contributed by atoms with van der Waals surface area (Å²) in [6, 6.07) is 2.42. The normalized spacial score (nSPS) is 23.1. The van der Waals surface area contributed by atoms with Crippen LogP contribution in [0.5, 0.6) is 0 Å². The first-order chi connectivity index (χ1) is 8.24. The Labute approximate surface area is 103 Å². The Balaban J connectivity index is 2.23. The van der Waals surface area contributed by atoms with E-state index >= 15 is 0 Å². The van der Waals surface area contributed by atoms with Crippen LogP contribution >= 0.6 is 0 Å². The topological polar surface area (TPSA) is 48.3 Å². The summed E-state index contributed by atoms with van der Waals surface area (Å²) in [4.78, 5) is 2.23.